The van der Waals surface area contributed by atoms with E-state index >= 15 is 0 Å². The van der Waals surface area contributed by atoms with Crippen LogP contribution < -0.4 is 15.4 Å². The van der Waals surface area contributed by atoms with Gasteiger partial charge in [0, 0.05) is 23.1 Å². The van der Waals surface area contributed by atoms with Crippen molar-refractivity contribution in [3.63, 3.8) is 0 Å². The summed E-state index contributed by atoms with van der Waals surface area (Å²) >= 11 is 3.32. The van der Waals surface area contributed by atoms with Gasteiger partial charge in [0.1, 0.15) is 5.75 Å². The Morgan fingerprint density at radius 3 is 2.64 bits per heavy atom. The number of ether oxygens (including phenoxy) is 1. The van der Waals surface area contributed by atoms with Gasteiger partial charge in [0.05, 0.1) is 6.54 Å². The van der Waals surface area contributed by atoms with Crippen molar-refractivity contribution < 1.29 is 13.5 Å². The molecule has 1 aromatic rings. The molecule has 0 fully saturated rings. The number of benzene rings is 1. The van der Waals surface area contributed by atoms with Crippen LogP contribution in [0.4, 0.5) is 8.78 Å². The van der Waals surface area contributed by atoms with Crippen LogP contribution in [0, 0.1) is 0 Å². The molecule has 0 heterocycles. The molecular weight excluding hydrogens is 471 g/mol. The third-order valence-electron chi connectivity index (χ3n) is 2.53. The van der Waals surface area contributed by atoms with E-state index in [1.54, 1.807) is 12.1 Å². The fourth-order valence-corrected chi connectivity index (χ4v) is 2.04. The molecule has 0 atom stereocenters. The monoisotopic (exact) mass is 491 g/mol. The molecule has 0 spiro atoms. The molecule has 0 saturated heterocycles. The second-order valence-electron chi connectivity index (χ2n) is 4.25. The first-order valence-corrected chi connectivity index (χ1v) is 7.61. The Hall–Kier alpha value is -0.640. The first-order valence-electron chi connectivity index (χ1n) is 6.82. The Labute approximate surface area is 155 Å². The molecule has 0 aromatic heterocycles. The molecule has 0 amide bonds. The molecule has 0 aliphatic heterocycles. The van der Waals surface area contributed by atoms with Gasteiger partial charge in [-0.05, 0) is 31.5 Å². The molecule has 8 heteroatoms. The van der Waals surface area contributed by atoms with Gasteiger partial charge in [-0.1, -0.05) is 22.9 Å². The number of nitrogens with zero attached hydrogens (tertiary/aromatic N) is 1. The summed E-state index contributed by atoms with van der Waals surface area (Å²) in [7, 11) is 0. The maximum absolute atomic E-state index is 12.4. The van der Waals surface area contributed by atoms with Gasteiger partial charge in [-0.15, -0.1) is 24.0 Å². The number of hydrogen-bond acceptors (Lipinski definition) is 2. The Balaban J connectivity index is 0.00000441. The number of guanidine groups is 1. The summed E-state index contributed by atoms with van der Waals surface area (Å²) in [4.78, 5) is 4.38. The molecule has 0 radical (unpaired) electrons. The topological polar surface area (TPSA) is 45.7 Å². The fraction of sp³-hybridized carbons (Fsp3) is 0.500. The molecule has 1 aromatic carbocycles. The SMILES string of the molecule is CCCNC(=NCc1cc(Br)ccc1OC(F)F)NCC.I. The van der Waals surface area contributed by atoms with Crippen LogP contribution in [-0.2, 0) is 6.54 Å². The maximum Gasteiger partial charge on any atom is 0.387 e. The number of nitrogens with one attached hydrogen (secondary N) is 2. The van der Waals surface area contributed by atoms with Gasteiger partial charge in [0.2, 0.25) is 0 Å². The van der Waals surface area contributed by atoms with Crippen molar-refractivity contribution >= 4 is 45.9 Å². The Morgan fingerprint density at radius 1 is 1.32 bits per heavy atom. The molecule has 126 valence electrons. The lowest BCUT2D eigenvalue weighted by Crippen LogP contribution is -2.37. The van der Waals surface area contributed by atoms with Crippen LogP contribution in [0.5, 0.6) is 5.75 Å². The summed E-state index contributed by atoms with van der Waals surface area (Å²) in [6.45, 7) is 2.95. The third-order valence-corrected chi connectivity index (χ3v) is 3.03. The number of aliphatic imine (C=N–C) groups is 1. The summed E-state index contributed by atoms with van der Waals surface area (Å²) in [5.41, 5.74) is 0.596. The number of hydrogen-bond donors (Lipinski definition) is 2. The van der Waals surface area contributed by atoms with E-state index in [0.29, 0.717) is 11.5 Å². The molecule has 0 bridgehead atoms. The summed E-state index contributed by atoms with van der Waals surface area (Å²) in [6, 6.07) is 4.89. The molecule has 2 N–H and O–H groups in total. The van der Waals surface area contributed by atoms with Crippen molar-refractivity contribution in [3.05, 3.63) is 28.2 Å². The van der Waals surface area contributed by atoms with Gasteiger partial charge >= 0.3 is 6.61 Å². The summed E-state index contributed by atoms with van der Waals surface area (Å²) in [6.07, 6.45) is 0.973. The molecule has 0 unspecified atom stereocenters. The smallest absolute Gasteiger partial charge is 0.387 e. The predicted octanol–water partition coefficient (Wildman–Crippen LogP) is 4.13. The van der Waals surface area contributed by atoms with E-state index in [2.05, 4.69) is 43.2 Å². The van der Waals surface area contributed by atoms with Crippen LogP contribution in [0.25, 0.3) is 0 Å². The lowest BCUT2D eigenvalue weighted by molar-refractivity contribution is -0.0504. The van der Waals surface area contributed by atoms with Crippen LogP contribution in [0.3, 0.4) is 0 Å². The average molecular weight is 492 g/mol. The molecule has 22 heavy (non-hydrogen) atoms. The van der Waals surface area contributed by atoms with Crippen LogP contribution in [0.2, 0.25) is 0 Å². The number of alkyl halides is 2. The van der Waals surface area contributed by atoms with Gasteiger partial charge < -0.3 is 15.4 Å². The van der Waals surface area contributed by atoms with E-state index in [9.17, 15) is 8.78 Å². The van der Waals surface area contributed by atoms with Crippen LogP contribution >= 0.6 is 39.9 Å². The highest BCUT2D eigenvalue weighted by Crippen LogP contribution is 2.25. The zero-order chi connectivity index (χ0) is 15.7. The van der Waals surface area contributed by atoms with Gasteiger partial charge in [-0.25, -0.2) is 4.99 Å². The van der Waals surface area contributed by atoms with Crippen molar-refractivity contribution in [3.8, 4) is 5.75 Å². The van der Waals surface area contributed by atoms with Gasteiger partial charge in [0.25, 0.3) is 0 Å². The Bertz CT molecular complexity index is 475. The zero-order valence-corrected chi connectivity index (χ0v) is 16.5. The number of halogens is 4. The summed E-state index contributed by atoms with van der Waals surface area (Å²) < 4.78 is 30.1. The van der Waals surface area contributed by atoms with E-state index in [1.165, 1.54) is 6.07 Å². The normalized spacial score (nSPS) is 11.1. The molecule has 0 saturated carbocycles. The van der Waals surface area contributed by atoms with Gasteiger partial charge in [0.15, 0.2) is 5.96 Å². The van der Waals surface area contributed by atoms with E-state index < -0.39 is 6.61 Å². The van der Waals surface area contributed by atoms with Crippen molar-refractivity contribution in [2.45, 2.75) is 33.4 Å². The second-order valence-corrected chi connectivity index (χ2v) is 5.17. The quantitative estimate of drug-likeness (QED) is 0.342. The second kappa shape index (κ2) is 11.9. The first-order chi connectivity index (χ1) is 10.1. The van der Waals surface area contributed by atoms with E-state index in [-0.39, 0.29) is 36.3 Å². The van der Waals surface area contributed by atoms with Crippen molar-refractivity contribution in [1.29, 1.82) is 0 Å². The van der Waals surface area contributed by atoms with E-state index in [1.807, 2.05) is 6.92 Å². The van der Waals surface area contributed by atoms with Crippen LogP contribution in [-0.4, -0.2) is 25.7 Å². The van der Waals surface area contributed by atoms with E-state index in [0.717, 1.165) is 24.0 Å². The first kappa shape index (κ1) is 21.4. The lowest BCUT2D eigenvalue weighted by atomic mass is 10.2. The molecule has 1 rings (SSSR count). The Morgan fingerprint density at radius 2 is 2.05 bits per heavy atom. The lowest BCUT2D eigenvalue weighted by Gasteiger charge is -2.12. The molecule has 4 nitrogen and oxygen atoms in total. The van der Waals surface area contributed by atoms with Crippen molar-refractivity contribution in [1.82, 2.24) is 10.6 Å². The average Bonchev–Trinajstić information content (AvgIpc) is 2.44. The largest absolute Gasteiger partial charge is 0.434 e. The zero-order valence-electron chi connectivity index (χ0n) is 12.5. The highest BCUT2D eigenvalue weighted by Gasteiger charge is 2.10. The molecule has 0 aliphatic rings. The number of rotatable bonds is 7. The van der Waals surface area contributed by atoms with Crippen LogP contribution in [0.1, 0.15) is 25.8 Å². The highest BCUT2D eigenvalue weighted by atomic mass is 127. The molecule has 0 aliphatic carbocycles. The highest BCUT2D eigenvalue weighted by molar-refractivity contribution is 14.0. The standard InChI is InChI=1S/C14H20BrF2N3O.HI/c1-3-7-19-14(18-4-2)20-9-10-8-11(15)5-6-12(10)21-13(16)17;/h5-6,8,13H,3-4,7,9H2,1-2H3,(H2,18,19,20);1H. The Kier molecular flexibility index (Phi) is 11.5. The minimum atomic E-state index is -2.85. The van der Waals surface area contributed by atoms with Crippen molar-refractivity contribution in [2.24, 2.45) is 4.99 Å². The van der Waals surface area contributed by atoms with Crippen molar-refractivity contribution in [2.75, 3.05) is 13.1 Å². The van der Waals surface area contributed by atoms with Crippen LogP contribution in [0.15, 0.2) is 27.7 Å². The third kappa shape index (κ3) is 8.11. The minimum Gasteiger partial charge on any atom is -0.434 e. The van der Waals surface area contributed by atoms with Gasteiger partial charge in [-0.2, -0.15) is 8.78 Å². The summed E-state index contributed by atoms with van der Waals surface area (Å²) in [5, 5.41) is 6.25. The molecular formula is C14H21BrF2IN3O. The van der Waals surface area contributed by atoms with E-state index in [4.69, 9.17) is 0 Å². The predicted molar refractivity (Wildman–Crippen MR) is 99.3 cm³/mol. The minimum absolute atomic E-state index is 0. The van der Waals surface area contributed by atoms with Gasteiger partial charge in [-0.3, -0.25) is 0 Å². The maximum atomic E-state index is 12.4. The summed E-state index contributed by atoms with van der Waals surface area (Å²) in [5.74, 6) is 0.797. The fourth-order valence-electron chi connectivity index (χ4n) is 1.63.